The molecule has 0 aliphatic carbocycles. The highest BCUT2D eigenvalue weighted by Crippen LogP contribution is 2.03. The predicted molar refractivity (Wildman–Crippen MR) is 30.9 cm³/mol. The van der Waals surface area contributed by atoms with Crippen LogP contribution in [0.15, 0.2) is 12.3 Å². The van der Waals surface area contributed by atoms with Gasteiger partial charge in [-0.1, -0.05) is 13.0 Å². The molecule has 1 heterocycles. The number of allylic oxidation sites excluding steroid dienone is 1. The number of hydrogen-bond acceptors (Lipinski definition) is 1. The summed E-state index contributed by atoms with van der Waals surface area (Å²) >= 11 is 0. The summed E-state index contributed by atoms with van der Waals surface area (Å²) < 4.78 is 0. The summed E-state index contributed by atoms with van der Waals surface area (Å²) in [5, 5.41) is 3.15. The number of hydrogen-bond donors (Lipinski definition) is 1. The standard InChI is InChI=1S/C6H11N/c1-6-3-2-4-7-5-6/h2,4,6-7H,3,5H2,1H3/t6-/m1/s1. The van der Waals surface area contributed by atoms with Crippen molar-refractivity contribution in [2.45, 2.75) is 13.3 Å². The van der Waals surface area contributed by atoms with Gasteiger partial charge in [-0.2, -0.15) is 0 Å². The van der Waals surface area contributed by atoms with Crippen molar-refractivity contribution < 1.29 is 0 Å². The van der Waals surface area contributed by atoms with Crippen molar-refractivity contribution in [3.05, 3.63) is 12.3 Å². The van der Waals surface area contributed by atoms with Crippen molar-refractivity contribution in [2.75, 3.05) is 6.54 Å². The monoisotopic (exact) mass is 97.1 g/mol. The van der Waals surface area contributed by atoms with Crippen LogP contribution < -0.4 is 5.32 Å². The van der Waals surface area contributed by atoms with Gasteiger partial charge in [0.05, 0.1) is 0 Å². The minimum Gasteiger partial charge on any atom is -0.391 e. The van der Waals surface area contributed by atoms with E-state index in [0.717, 1.165) is 12.5 Å². The number of nitrogens with one attached hydrogen (secondary N) is 1. The molecule has 0 saturated heterocycles. The van der Waals surface area contributed by atoms with E-state index in [4.69, 9.17) is 0 Å². The molecular weight excluding hydrogens is 86.1 g/mol. The van der Waals surface area contributed by atoms with Gasteiger partial charge in [0.25, 0.3) is 0 Å². The highest BCUT2D eigenvalue weighted by molar-refractivity contribution is 4.87. The Balaban J connectivity index is 2.32. The van der Waals surface area contributed by atoms with E-state index in [-0.39, 0.29) is 0 Å². The molecular formula is C6H11N. The third-order valence-corrected chi connectivity index (χ3v) is 1.24. The molecule has 0 saturated carbocycles. The maximum absolute atomic E-state index is 3.15. The molecule has 1 N–H and O–H groups in total. The Kier molecular flexibility index (Phi) is 1.35. The van der Waals surface area contributed by atoms with Crippen LogP contribution in [0.25, 0.3) is 0 Å². The fraction of sp³-hybridized carbons (Fsp3) is 0.667. The zero-order chi connectivity index (χ0) is 5.11. The molecule has 0 unspecified atom stereocenters. The topological polar surface area (TPSA) is 12.0 Å². The van der Waals surface area contributed by atoms with E-state index >= 15 is 0 Å². The van der Waals surface area contributed by atoms with E-state index in [1.165, 1.54) is 6.42 Å². The summed E-state index contributed by atoms with van der Waals surface area (Å²) in [5.41, 5.74) is 0. The average molecular weight is 97.2 g/mol. The van der Waals surface area contributed by atoms with E-state index in [2.05, 4.69) is 18.3 Å². The lowest BCUT2D eigenvalue weighted by Gasteiger charge is -2.12. The van der Waals surface area contributed by atoms with Crippen molar-refractivity contribution in [2.24, 2.45) is 5.92 Å². The first-order valence-corrected chi connectivity index (χ1v) is 2.78. The molecule has 1 atom stereocenters. The summed E-state index contributed by atoms with van der Waals surface area (Å²) in [6.07, 6.45) is 5.45. The van der Waals surface area contributed by atoms with Crippen LogP contribution in [0, 0.1) is 5.92 Å². The van der Waals surface area contributed by atoms with E-state index in [0.29, 0.717) is 0 Å². The van der Waals surface area contributed by atoms with Gasteiger partial charge in [0.2, 0.25) is 0 Å². The van der Waals surface area contributed by atoms with Gasteiger partial charge < -0.3 is 5.32 Å². The molecule has 0 aromatic heterocycles. The maximum atomic E-state index is 3.15. The molecule has 0 radical (unpaired) electrons. The predicted octanol–water partition coefficient (Wildman–Crippen LogP) is 1.13. The summed E-state index contributed by atoms with van der Waals surface area (Å²) in [6, 6.07) is 0. The van der Waals surface area contributed by atoms with Gasteiger partial charge in [-0.05, 0) is 18.5 Å². The van der Waals surface area contributed by atoms with Gasteiger partial charge in [0.1, 0.15) is 0 Å². The minimum atomic E-state index is 0.838. The summed E-state index contributed by atoms with van der Waals surface area (Å²) in [4.78, 5) is 0. The first kappa shape index (κ1) is 4.69. The molecule has 0 fully saturated rings. The van der Waals surface area contributed by atoms with Crippen LogP contribution in [0.4, 0.5) is 0 Å². The molecule has 1 rings (SSSR count). The van der Waals surface area contributed by atoms with Crippen LogP contribution in [-0.4, -0.2) is 6.54 Å². The van der Waals surface area contributed by atoms with Gasteiger partial charge in [-0.3, -0.25) is 0 Å². The maximum Gasteiger partial charge on any atom is 0.0170 e. The SMILES string of the molecule is C[C@@H]1CC=CNC1. The van der Waals surface area contributed by atoms with Crippen LogP contribution in [-0.2, 0) is 0 Å². The van der Waals surface area contributed by atoms with E-state index < -0.39 is 0 Å². The highest BCUT2D eigenvalue weighted by atomic mass is 14.8. The Hall–Kier alpha value is -0.460. The molecule has 7 heavy (non-hydrogen) atoms. The molecule has 0 amide bonds. The first-order chi connectivity index (χ1) is 3.39. The largest absolute Gasteiger partial charge is 0.391 e. The third-order valence-electron chi connectivity index (χ3n) is 1.24. The van der Waals surface area contributed by atoms with Crippen LogP contribution in [0.5, 0.6) is 0 Å². The molecule has 40 valence electrons. The van der Waals surface area contributed by atoms with Gasteiger partial charge in [0.15, 0.2) is 0 Å². The third kappa shape index (κ3) is 1.22. The summed E-state index contributed by atoms with van der Waals surface area (Å²) in [6.45, 7) is 3.40. The molecule has 0 aromatic carbocycles. The smallest absolute Gasteiger partial charge is 0.0170 e. The van der Waals surface area contributed by atoms with Crippen molar-refractivity contribution in [1.29, 1.82) is 0 Å². The lowest BCUT2D eigenvalue weighted by atomic mass is 10.1. The Labute approximate surface area is 44.4 Å². The highest BCUT2D eigenvalue weighted by Gasteiger charge is 1.99. The van der Waals surface area contributed by atoms with E-state index in [9.17, 15) is 0 Å². The Bertz CT molecular complexity index is 76.2. The zero-order valence-corrected chi connectivity index (χ0v) is 4.65. The Morgan fingerprint density at radius 3 is 2.86 bits per heavy atom. The number of rotatable bonds is 0. The Morgan fingerprint density at radius 1 is 1.71 bits per heavy atom. The second-order valence-electron chi connectivity index (χ2n) is 2.15. The van der Waals surface area contributed by atoms with Gasteiger partial charge >= 0.3 is 0 Å². The van der Waals surface area contributed by atoms with Crippen molar-refractivity contribution in [1.82, 2.24) is 5.32 Å². The lowest BCUT2D eigenvalue weighted by molar-refractivity contribution is 0.541. The lowest BCUT2D eigenvalue weighted by Crippen LogP contribution is -2.18. The Morgan fingerprint density at radius 2 is 2.57 bits per heavy atom. The molecule has 1 heteroatoms. The molecule has 1 aliphatic heterocycles. The quantitative estimate of drug-likeness (QED) is 0.477. The fourth-order valence-electron chi connectivity index (χ4n) is 0.736. The normalized spacial score (nSPS) is 29.6. The first-order valence-electron chi connectivity index (χ1n) is 2.78. The van der Waals surface area contributed by atoms with Crippen molar-refractivity contribution in [3.63, 3.8) is 0 Å². The molecule has 0 bridgehead atoms. The van der Waals surface area contributed by atoms with Crippen LogP contribution in [0.3, 0.4) is 0 Å². The zero-order valence-electron chi connectivity index (χ0n) is 4.65. The van der Waals surface area contributed by atoms with Gasteiger partial charge in [0, 0.05) is 6.54 Å². The minimum absolute atomic E-state index is 0.838. The van der Waals surface area contributed by atoms with E-state index in [1.807, 2.05) is 6.20 Å². The van der Waals surface area contributed by atoms with Crippen LogP contribution >= 0.6 is 0 Å². The van der Waals surface area contributed by atoms with Crippen LogP contribution in [0.1, 0.15) is 13.3 Å². The van der Waals surface area contributed by atoms with Crippen molar-refractivity contribution in [3.8, 4) is 0 Å². The molecule has 1 aliphatic rings. The molecule has 1 nitrogen and oxygen atoms in total. The van der Waals surface area contributed by atoms with Crippen molar-refractivity contribution >= 4 is 0 Å². The fourth-order valence-corrected chi connectivity index (χ4v) is 0.736. The second kappa shape index (κ2) is 2.01. The van der Waals surface area contributed by atoms with Gasteiger partial charge in [-0.25, -0.2) is 0 Å². The molecule has 0 spiro atoms. The molecule has 0 aromatic rings. The average Bonchev–Trinajstić information content (AvgIpc) is 1.69. The summed E-state index contributed by atoms with van der Waals surface area (Å²) in [7, 11) is 0. The van der Waals surface area contributed by atoms with Crippen LogP contribution in [0.2, 0.25) is 0 Å². The van der Waals surface area contributed by atoms with E-state index in [1.54, 1.807) is 0 Å². The van der Waals surface area contributed by atoms with Gasteiger partial charge in [-0.15, -0.1) is 0 Å². The summed E-state index contributed by atoms with van der Waals surface area (Å²) in [5.74, 6) is 0.838. The second-order valence-corrected chi connectivity index (χ2v) is 2.15.